The first kappa shape index (κ1) is 19.1. The van der Waals surface area contributed by atoms with E-state index in [1.54, 1.807) is 6.20 Å². The second-order valence-corrected chi connectivity index (χ2v) is 7.47. The predicted molar refractivity (Wildman–Crippen MR) is 113 cm³/mol. The molecule has 3 rings (SSSR count). The fourth-order valence-corrected chi connectivity index (χ4v) is 3.33. The van der Waals surface area contributed by atoms with Gasteiger partial charge in [0.1, 0.15) is 0 Å². The van der Waals surface area contributed by atoms with E-state index in [-0.39, 0.29) is 12.1 Å². The summed E-state index contributed by atoms with van der Waals surface area (Å²) in [5, 5.41) is 6.00. The molecule has 5 heteroatoms. The van der Waals surface area contributed by atoms with Crippen molar-refractivity contribution in [3.8, 4) is 0 Å². The summed E-state index contributed by atoms with van der Waals surface area (Å²) in [5.41, 5.74) is 4.97. The summed E-state index contributed by atoms with van der Waals surface area (Å²) >= 11 is 3.44. The first-order valence-corrected chi connectivity index (χ1v) is 9.61. The lowest BCUT2D eigenvalue weighted by atomic mass is 10.0. The van der Waals surface area contributed by atoms with Crippen LogP contribution < -0.4 is 10.6 Å². The fourth-order valence-electron chi connectivity index (χ4n) is 2.86. The van der Waals surface area contributed by atoms with Gasteiger partial charge in [-0.05, 0) is 61.7 Å². The summed E-state index contributed by atoms with van der Waals surface area (Å²) < 4.78 is 0.983. The number of amides is 2. The highest BCUT2D eigenvalue weighted by Gasteiger charge is 2.17. The Balaban J connectivity index is 1.76. The van der Waals surface area contributed by atoms with Gasteiger partial charge >= 0.3 is 6.03 Å². The number of nitrogens with one attached hydrogen (secondary N) is 2. The van der Waals surface area contributed by atoms with Gasteiger partial charge in [-0.2, -0.15) is 0 Å². The number of aromatic nitrogens is 1. The third kappa shape index (κ3) is 5.41. The molecule has 2 amide bonds. The zero-order valence-electron chi connectivity index (χ0n) is 15.4. The van der Waals surface area contributed by atoms with Crippen molar-refractivity contribution >= 4 is 27.6 Å². The molecule has 0 aliphatic rings. The van der Waals surface area contributed by atoms with Gasteiger partial charge in [-0.1, -0.05) is 51.8 Å². The normalized spacial score (nSPS) is 11.7. The van der Waals surface area contributed by atoms with Crippen LogP contribution in [0.15, 0.2) is 71.3 Å². The van der Waals surface area contributed by atoms with E-state index in [2.05, 4.69) is 62.7 Å². The monoisotopic (exact) mass is 423 g/mol. The Morgan fingerprint density at radius 3 is 2.52 bits per heavy atom. The minimum absolute atomic E-state index is 0.218. The molecule has 0 aliphatic carbocycles. The van der Waals surface area contributed by atoms with Gasteiger partial charge in [0, 0.05) is 16.4 Å². The van der Waals surface area contributed by atoms with E-state index in [9.17, 15) is 4.79 Å². The van der Waals surface area contributed by atoms with Crippen molar-refractivity contribution in [2.45, 2.75) is 26.3 Å². The third-order valence-corrected chi connectivity index (χ3v) is 4.84. The second-order valence-electron chi connectivity index (χ2n) is 6.55. The number of hydrogen-bond acceptors (Lipinski definition) is 2. The molecule has 4 nitrogen and oxygen atoms in total. The van der Waals surface area contributed by atoms with Crippen LogP contribution in [0.2, 0.25) is 0 Å². The number of urea groups is 1. The highest BCUT2D eigenvalue weighted by atomic mass is 79.9. The molecule has 0 spiro atoms. The molecule has 1 heterocycles. The minimum Gasteiger partial charge on any atom is -0.329 e. The molecule has 0 radical (unpaired) electrons. The number of anilines is 1. The molecule has 138 valence electrons. The van der Waals surface area contributed by atoms with E-state index >= 15 is 0 Å². The van der Waals surface area contributed by atoms with Crippen LogP contribution in [0.5, 0.6) is 0 Å². The zero-order chi connectivity index (χ0) is 19.2. The summed E-state index contributed by atoms with van der Waals surface area (Å²) in [7, 11) is 0. The molecule has 0 saturated heterocycles. The molecule has 1 aromatic heterocycles. The number of hydrogen-bond donors (Lipinski definition) is 2. The Hall–Kier alpha value is -2.66. The lowest BCUT2D eigenvalue weighted by Crippen LogP contribution is -2.34. The van der Waals surface area contributed by atoms with E-state index in [1.807, 2.05) is 43.3 Å². The minimum atomic E-state index is -0.247. The molecule has 0 bridgehead atoms. The Morgan fingerprint density at radius 1 is 1.07 bits per heavy atom. The number of pyridine rings is 1. The summed E-state index contributed by atoms with van der Waals surface area (Å²) in [6.07, 6.45) is 2.42. The largest absolute Gasteiger partial charge is 0.329 e. The SMILES string of the molecule is Cc1ccc(CC(NC(=O)Nc2ccc(Br)cc2C)c2ccccn2)cc1. The van der Waals surface area contributed by atoms with Crippen molar-refractivity contribution in [3.05, 3.63) is 93.7 Å². The average Bonchev–Trinajstić information content (AvgIpc) is 2.66. The molecule has 2 N–H and O–H groups in total. The molecule has 0 fully saturated rings. The molecule has 27 heavy (non-hydrogen) atoms. The lowest BCUT2D eigenvalue weighted by molar-refractivity contribution is 0.248. The van der Waals surface area contributed by atoms with Crippen LogP contribution in [0.3, 0.4) is 0 Å². The van der Waals surface area contributed by atoms with Gasteiger partial charge in [0.15, 0.2) is 0 Å². The molecule has 3 aromatic rings. The Kier molecular flexibility index (Phi) is 6.24. The van der Waals surface area contributed by atoms with Crippen LogP contribution in [-0.4, -0.2) is 11.0 Å². The van der Waals surface area contributed by atoms with Gasteiger partial charge in [0.2, 0.25) is 0 Å². The summed E-state index contributed by atoms with van der Waals surface area (Å²) in [4.78, 5) is 17.0. The maximum absolute atomic E-state index is 12.6. The highest BCUT2D eigenvalue weighted by molar-refractivity contribution is 9.10. The fraction of sp³-hybridized carbons (Fsp3) is 0.182. The van der Waals surface area contributed by atoms with Gasteiger partial charge in [-0.25, -0.2) is 4.79 Å². The van der Waals surface area contributed by atoms with Gasteiger partial charge in [-0.15, -0.1) is 0 Å². The first-order chi connectivity index (χ1) is 13.0. The number of aryl methyl sites for hydroxylation is 2. The third-order valence-electron chi connectivity index (χ3n) is 4.35. The number of benzene rings is 2. The topological polar surface area (TPSA) is 54.0 Å². The Morgan fingerprint density at radius 2 is 1.85 bits per heavy atom. The van der Waals surface area contributed by atoms with E-state index in [1.165, 1.54) is 5.56 Å². The number of carbonyl (C=O) groups excluding carboxylic acids is 1. The van der Waals surface area contributed by atoms with Crippen molar-refractivity contribution in [1.82, 2.24) is 10.3 Å². The van der Waals surface area contributed by atoms with Crippen LogP contribution in [0.4, 0.5) is 10.5 Å². The molecular formula is C22H22BrN3O. The smallest absolute Gasteiger partial charge is 0.319 e. The number of rotatable bonds is 5. The van der Waals surface area contributed by atoms with Gasteiger partial charge in [0.25, 0.3) is 0 Å². The number of nitrogens with zero attached hydrogens (tertiary/aromatic N) is 1. The maximum atomic E-state index is 12.6. The van der Waals surface area contributed by atoms with Crippen molar-refractivity contribution in [2.24, 2.45) is 0 Å². The zero-order valence-corrected chi connectivity index (χ0v) is 17.0. The van der Waals surface area contributed by atoms with E-state index < -0.39 is 0 Å². The average molecular weight is 424 g/mol. The van der Waals surface area contributed by atoms with Crippen molar-refractivity contribution in [3.63, 3.8) is 0 Å². The van der Waals surface area contributed by atoms with Crippen LogP contribution in [0, 0.1) is 13.8 Å². The predicted octanol–water partition coefficient (Wildman–Crippen LogP) is 5.57. The van der Waals surface area contributed by atoms with Crippen molar-refractivity contribution in [1.29, 1.82) is 0 Å². The van der Waals surface area contributed by atoms with Crippen molar-refractivity contribution < 1.29 is 4.79 Å². The Bertz CT molecular complexity index is 911. The van der Waals surface area contributed by atoms with Crippen LogP contribution in [0.25, 0.3) is 0 Å². The van der Waals surface area contributed by atoms with Crippen LogP contribution in [-0.2, 0) is 6.42 Å². The summed E-state index contributed by atoms with van der Waals surface area (Å²) in [5.74, 6) is 0. The second kappa shape index (κ2) is 8.82. The first-order valence-electron chi connectivity index (χ1n) is 8.81. The standard InChI is InChI=1S/C22H22BrN3O/c1-15-6-8-17(9-7-15)14-21(20-5-3-4-12-24-20)26-22(27)25-19-11-10-18(23)13-16(19)2/h3-13,21H,14H2,1-2H3,(H2,25,26,27). The quantitative estimate of drug-likeness (QED) is 0.563. The van der Waals surface area contributed by atoms with Crippen molar-refractivity contribution in [2.75, 3.05) is 5.32 Å². The van der Waals surface area contributed by atoms with Crippen LogP contribution >= 0.6 is 15.9 Å². The maximum Gasteiger partial charge on any atom is 0.319 e. The molecule has 1 unspecified atom stereocenters. The molecule has 1 atom stereocenters. The van der Waals surface area contributed by atoms with Gasteiger partial charge < -0.3 is 10.6 Å². The molecule has 2 aromatic carbocycles. The number of carbonyl (C=O) groups is 1. The van der Waals surface area contributed by atoms with E-state index in [4.69, 9.17) is 0 Å². The highest BCUT2D eigenvalue weighted by Crippen LogP contribution is 2.21. The molecular weight excluding hydrogens is 402 g/mol. The summed E-state index contributed by atoms with van der Waals surface area (Å²) in [6.45, 7) is 4.02. The van der Waals surface area contributed by atoms with Gasteiger partial charge in [-0.3, -0.25) is 4.98 Å². The summed E-state index contributed by atoms with van der Waals surface area (Å²) in [6, 6.07) is 19.4. The van der Waals surface area contributed by atoms with Crippen LogP contribution in [0.1, 0.15) is 28.4 Å². The lowest BCUT2D eigenvalue weighted by Gasteiger charge is -2.19. The number of halogens is 1. The van der Waals surface area contributed by atoms with E-state index in [0.717, 1.165) is 27.0 Å². The van der Waals surface area contributed by atoms with E-state index in [0.29, 0.717) is 6.42 Å². The molecule has 0 aliphatic heterocycles. The molecule has 0 saturated carbocycles. The van der Waals surface area contributed by atoms with Gasteiger partial charge in [0.05, 0.1) is 11.7 Å². The Labute approximate surface area is 168 Å².